The molecule has 1 atom stereocenters. The summed E-state index contributed by atoms with van der Waals surface area (Å²) in [6.07, 6.45) is 21.5. The number of carbonyl (C=O) groups excluding carboxylic acids is 3. The highest BCUT2D eigenvalue weighted by Crippen LogP contribution is 2.31. The van der Waals surface area contributed by atoms with Gasteiger partial charge in [0.2, 0.25) is 5.91 Å². The molecule has 1 N–H and O–H groups in total. The predicted octanol–water partition coefficient (Wildman–Crippen LogP) is 6.29. The van der Waals surface area contributed by atoms with Crippen LogP contribution in [0.3, 0.4) is 0 Å². The molecule has 200 valence electrons. The fourth-order valence-electron chi connectivity index (χ4n) is 4.60. The number of nitrogens with one attached hydrogen (secondary N) is 1. The van der Waals surface area contributed by atoms with Crippen LogP contribution in [0.15, 0.2) is 69.9 Å². The summed E-state index contributed by atoms with van der Waals surface area (Å²) in [5, 5.41) is 3.89. The topological polar surface area (TPSA) is 81.7 Å². The molecule has 7 heteroatoms. The van der Waals surface area contributed by atoms with Crippen molar-refractivity contribution in [1.82, 2.24) is 5.32 Å². The molecule has 0 bridgehead atoms. The van der Waals surface area contributed by atoms with E-state index in [1.165, 1.54) is 16.7 Å². The van der Waals surface area contributed by atoms with Gasteiger partial charge in [-0.05, 0) is 81.1 Å². The van der Waals surface area contributed by atoms with E-state index in [2.05, 4.69) is 29.6 Å². The number of esters is 2. The van der Waals surface area contributed by atoms with Crippen LogP contribution < -0.4 is 5.32 Å². The van der Waals surface area contributed by atoms with Crippen molar-refractivity contribution >= 4 is 29.4 Å². The lowest BCUT2D eigenvalue weighted by Crippen LogP contribution is -2.37. The van der Waals surface area contributed by atoms with Crippen LogP contribution >= 0.6 is 11.6 Å². The van der Waals surface area contributed by atoms with E-state index in [-0.39, 0.29) is 49.8 Å². The number of hydrogen-bond acceptors (Lipinski definition) is 5. The molecule has 6 nitrogen and oxygen atoms in total. The zero-order valence-electron chi connectivity index (χ0n) is 21.7. The largest absolute Gasteiger partial charge is 0.466 e. The van der Waals surface area contributed by atoms with E-state index in [4.69, 9.17) is 21.1 Å². The fourth-order valence-corrected chi connectivity index (χ4v) is 4.83. The van der Waals surface area contributed by atoms with Crippen molar-refractivity contribution < 1.29 is 23.9 Å². The van der Waals surface area contributed by atoms with E-state index in [1.54, 1.807) is 6.92 Å². The molecule has 0 spiro atoms. The van der Waals surface area contributed by atoms with Crippen LogP contribution in [0.1, 0.15) is 77.6 Å². The molecule has 0 fully saturated rings. The molecular formula is C30H38ClNO5. The number of rotatable bonds is 13. The first-order valence-corrected chi connectivity index (χ1v) is 13.7. The van der Waals surface area contributed by atoms with Crippen LogP contribution in [0.5, 0.6) is 0 Å². The first-order valence-electron chi connectivity index (χ1n) is 13.3. The molecule has 1 amide bonds. The molecule has 3 aliphatic carbocycles. The number of amides is 1. The summed E-state index contributed by atoms with van der Waals surface area (Å²) in [5.74, 6) is -0.810. The quantitative estimate of drug-likeness (QED) is 0.284. The number of ether oxygens (including phenoxy) is 2. The van der Waals surface area contributed by atoms with Gasteiger partial charge in [0.1, 0.15) is 6.61 Å². The van der Waals surface area contributed by atoms with Gasteiger partial charge in [0.15, 0.2) is 0 Å². The molecule has 0 aliphatic heterocycles. The Morgan fingerprint density at radius 1 is 0.973 bits per heavy atom. The van der Waals surface area contributed by atoms with Gasteiger partial charge in [-0.2, -0.15) is 0 Å². The standard InChI is InChI=1S/C30H38ClNO5/c1-2-36-29(34)13-7-12-28(33)32-27(20-30(35)37-21-23-8-4-3-5-9-23)18-22-14-16-24(17-15-22)25-10-6-11-26(31)19-25/h3-4,8,10,14,16,19,27H,2,5-7,9,11-13,15,17-18,20-21H2,1H3,(H,32,33)/t27-/m1/s1. The minimum Gasteiger partial charge on any atom is -0.466 e. The Kier molecular flexibility index (Phi) is 12.0. The van der Waals surface area contributed by atoms with Gasteiger partial charge in [0.05, 0.1) is 13.0 Å². The molecule has 0 aromatic heterocycles. The number of allylic oxidation sites excluding steroid dienone is 10. The Bertz CT molecular complexity index is 1030. The second-order valence-corrected chi connectivity index (χ2v) is 10.1. The summed E-state index contributed by atoms with van der Waals surface area (Å²) < 4.78 is 10.4. The monoisotopic (exact) mass is 527 g/mol. The first-order chi connectivity index (χ1) is 17.9. The second-order valence-electron chi connectivity index (χ2n) is 9.59. The summed E-state index contributed by atoms with van der Waals surface area (Å²) in [4.78, 5) is 36.8. The van der Waals surface area contributed by atoms with E-state index in [9.17, 15) is 14.4 Å². The van der Waals surface area contributed by atoms with Crippen LogP contribution in [0, 0.1) is 0 Å². The molecule has 37 heavy (non-hydrogen) atoms. The average Bonchev–Trinajstić information content (AvgIpc) is 2.88. The predicted molar refractivity (Wildman–Crippen MR) is 146 cm³/mol. The lowest BCUT2D eigenvalue weighted by molar-refractivity contribution is -0.144. The summed E-state index contributed by atoms with van der Waals surface area (Å²) in [5.41, 5.74) is 4.72. The van der Waals surface area contributed by atoms with E-state index >= 15 is 0 Å². The van der Waals surface area contributed by atoms with Crippen molar-refractivity contribution in [1.29, 1.82) is 0 Å². The van der Waals surface area contributed by atoms with Crippen LogP contribution in [0.25, 0.3) is 0 Å². The maximum atomic E-state index is 12.6. The van der Waals surface area contributed by atoms with Crippen LogP contribution in [-0.4, -0.2) is 37.1 Å². The van der Waals surface area contributed by atoms with E-state index in [1.807, 2.05) is 18.2 Å². The number of halogens is 1. The second kappa shape index (κ2) is 15.4. The van der Waals surface area contributed by atoms with Crippen LogP contribution in [-0.2, 0) is 23.9 Å². The summed E-state index contributed by atoms with van der Waals surface area (Å²) in [6, 6.07) is -0.368. The van der Waals surface area contributed by atoms with Crippen molar-refractivity contribution in [3.05, 3.63) is 69.9 Å². The van der Waals surface area contributed by atoms with E-state index in [0.717, 1.165) is 49.1 Å². The fraction of sp³-hybridized carbons (Fsp3) is 0.500. The Morgan fingerprint density at radius 2 is 1.84 bits per heavy atom. The van der Waals surface area contributed by atoms with Gasteiger partial charge in [0.25, 0.3) is 0 Å². The molecule has 0 unspecified atom stereocenters. The molecular weight excluding hydrogens is 490 g/mol. The van der Waals surface area contributed by atoms with Crippen molar-refractivity contribution in [3.8, 4) is 0 Å². The van der Waals surface area contributed by atoms with Crippen molar-refractivity contribution in [2.24, 2.45) is 0 Å². The van der Waals surface area contributed by atoms with E-state index < -0.39 is 0 Å². The average molecular weight is 528 g/mol. The first kappa shape index (κ1) is 28.7. The molecule has 0 radical (unpaired) electrons. The maximum absolute atomic E-state index is 12.6. The summed E-state index contributed by atoms with van der Waals surface area (Å²) >= 11 is 6.23. The smallest absolute Gasteiger partial charge is 0.308 e. The molecule has 0 aromatic carbocycles. The van der Waals surface area contributed by atoms with Crippen molar-refractivity contribution in [2.75, 3.05) is 13.2 Å². The SMILES string of the molecule is CCOC(=O)CCCC(=O)N[C@@H](CC(=O)OCC1=CC=CCC1)CC1=CC=C(C2=CCCC(Cl)=C2)CC1. The zero-order chi connectivity index (χ0) is 26.5. The van der Waals surface area contributed by atoms with Gasteiger partial charge in [0, 0.05) is 23.9 Å². The third-order valence-electron chi connectivity index (χ3n) is 6.56. The van der Waals surface area contributed by atoms with Gasteiger partial charge in [-0.3, -0.25) is 14.4 Å². The highest BCUT2D eigenvalue weighted by molar-refractivity contribution is 6.29. The minimum atomic E-state index is -0.368. The Hall–Kier alpha value is -2.86. The summed E-state index contributed by atoms with van der Waals surface area (Å²) in [7, 11) is 0. The molecule has 0 aromatic rings. The highest BCUT2D eigenvalue weighted by atomic mass is 35.5. The van der Waals surface area contributed by atoms with Crippen molar-refractivity contribution in [3.63, 3.8) is 0 Å². The maximum Gasteiger partial charge on any atom is 0.308 e. The van der Waals surface area contributed by atoms with Gasteiger partial charge in [-0.15, -0.1) is 0 Å². The molecule has 3 aliphatic rings. The lowest BCUT2D eigenvalue weighted by atomic mass is 9.88. The number of carbonyl (C=O) groups is 3. The summed E-state index contributed by atoms with van der Waals surface area (Å²) in [6.45, 7) is 2.36. The third-order valence-corrected chi connectivity index (χ3v) is 6.86. The van der Waals surface area contributed by atoms with Gasteiger partial charge in [-0.25, -0.2) is 0 Å². The Morgan fingerprint density at radius 3 is 2.54 bits per heavy atom. The van der Waals surface area contributed by atoms with Gasteiger partial charge < -0.3 is 14.8 Å². The van der Waals surface area contributed by atoms with E-state index in [0.29, 0.717) is 19.4 Å². The normalized spacial score (nSPS) is 17.9. The van der Waals surface area contributed by atoms with Gasteiger partial charge in [-0.1, -0.05) is 53.6 Å². The Labute approximate surface area is 225 Å². The molecule has 0 saturated carbocycles. The minimum absolute atomic E-state index is 0.101. The Balaban J connectivity index is 1.58. The molecule has 0 saturated heterocycles. The van der Waals surface area contributed by atoms with Gasteiger partial charge >= 0.3 is 11.9 Å². The molecule has 0 heterocycles. The molecule has 3 rings (SSSR count). The number of hydrogen-bond donors (Lipinski definition) is 1. The lowest BCUT2D eigenvalue weighted by Gasteiger charge is -2.23. The zero-order valence-corrected chi connectivity index (χ0v) is 22.5. The highest BCUT2D eigenvalue weighted by Gasteiger charge is 2.21. The van der Waals surface area contributed by atoms with Crippen LogP contribution in [0.4, 0.5) is 0 Å². The third kappa shape index (κ3) is 10.6. The van der Waals surface area contributed by atoms with Crippen LogP contribution in [0.2, 0.25) is 0 Å². The van der Waals surface area contributed by atoms with Crippen molar-refractivity contribution in [2.45, 2.75) is 83.6 Å².